The van der Waals surface area contributed by atoms with Crippen LogP contribution in [0.3, 0.4) is 0 Å². The monoisotopic (exact) mass is 364 g/mol. The summed E-state index contributed by atoms with van der Waals surface area (Å²) in [6.07, 6.45) is 13.0. The van der Waals surface area contributed by atoms with Gasteiger partial charge in [0, 0.05) is 43.4 Å². The van der Waals surface area contributed by atoms with E-state index in [9.17, 15) is 4.79 Å². The van der Waals surface area contributed by atoms with Crippen molar-refractivity contribution in [1.29, 1.82) is 0 Å². The number of nitrogens with one attached hydrogen (secondary N) is 1. The molecule has 9 heteroatoms. The van der Waals surface area contributed by atoms with Gasteiger partial charge in [0.05, 0.1) is 0 Å². The first kappa shape index (κ1) is 17.0. The lowest BCUT2D eigenvalue weighted by Crippen LogP contribution is -2.37. The molecule has 0 radical (unpaired) electrons. The van der Waals surface area contributed by atoms with E-state index in [1.807, 2.05) is 23.6 Å². The molecular formula is C18H20N8O. The molecule has 1 atom stereocenters. The number of amides is 1. The minimum atomic E-state index is -0.186. The van der Waals surface area contributed by atoms with Gasteiger partial charge in [0.15, 0.2) is 5.82 Å². The standard InChI is InChI=1S/C18H20N8O/c1-3-14(4-2)26-10-15(20-11-26)18(27)22-13-5-7-24(9-13)16-17-23-21-12-25(17)8-6-19-16/h3-4,6,8,10-13H,1,5,7,9H2,2H3,(H,22,27). The van der Waals surface area contributed by atoms with Crippen LogP contribution in [0.4, 0.5) is 5.82 Å². The molecule has 9 nitrogen and oxygen atoms in total. The summed E-state index contributed by atoms with van der Waals surface area (Å²) < 4.78 is 3.61. The highest BCUT2D eigenvalue weighted by atomic mass is 16.2. The van der Waals surface area contributed by atoms with E-state index in [4.69, 9.17) is 0 Å². The fourth-order valence-corrected chi connectivity index (χ4v) is 3.25. The summed E-state index contributed by atoms with van der Waals surface area (Å²) in [4.78, 5) is 23.3. The molecular weight excluding hydrogens is 344 g/mol. The first-order valence-corrected chi connectivity index (χ1v) is 8.73. The summed E-state index contributed by atoms with van der Waals surface area (Å²) in [7, 11) is 0. The maximum absolute atomic E-state index is 12.5. The minimum Gasteiger partial charge on any atom is -0.351 e. The SMILES string of the molecule is C=CC(=CC)n1cnc(C(=O)NC2CCN(c3nccn4cnnc34)C2)c1. The van der Waals surface area contributed by atoms with Crippen molar-refractivity contribution in [2.75, 3.05) is 18.0 Å². The summed E-state index contributed by atoms with van der Waals surface area (Å²) >= 11 is 0. The highest BCUT2D eigenvalue weighted by Gasteiger charge is 2.27. The molecule has 4 rings (SSSR count). The smallest absolute Gasteiger partial charge is 0.271 e. The van der Waals surface area contributed by atoms with Crippen LogP contribution in [0.25, 0.3) is 11.3 Å². The number of allylic oxidation sites excluding steroid dienone is 3. The van der Waals surface area contributed by atoms with Crippen LogP contribution >= 0.6 is 0 Å². The van der Waals surface area contributed by atoms with E-state index >= 15 is 0 Å². The second-order valence-corrected chi connectivity index (χ2v) is 6.30. The van der Waals surface area contributed by atoms with Gasteiger partial charge in [0.2, 0.25) is 5.65 Å². The van der Waals surface area contributed by atoms with Gasteiger partial charge in [-0.25, -0.2) is 9.97 Å². The molecule has 4 heterocycles. The molecule has 0 aliphatic carbocycles. The molecule has 0 spiro atoms. The zero-order valence-corrected chi connectivity index (χ0v) is 15.0. The Morgan fingerprint density at radius 1 is 1.37 bits per heavy atom. The Balaban J connectivity index is 1.43. The molecule has 1 unspecified atom stereocenters. The molecule has 27 heavy (non-hydrogen) atoms. The highest BCUT2D eigenvalue weighted by Crippen LogP contribution is 2.21. The molecule has 3 aromatic heterocycles. The molecule has 1 N–H and O–H groups in total. The zero-order valence-electron chi connectivity index (χ0n) is 15.0. The summed E-state index contributed by atoms with van der Waals surface area (Å²) in [5.41, 5.74) is 1.97. The van der Waals surface area contributed by atoms with Crippen molar-refractivity contribution in [2.45, 2.75) is 19.4 Å². The van der Waals surface area contributed by atoms with Crippen LogP contribution in [0.5, 0.6) is 0 Å². The third-order valence-corrected chi connectivity index (χ3v) is 4.64. The fourth-order valence-electron chi connectivity index (χ4n) is 3.25. The number of imidazole rings is 1. The van der Waals surface area contributed by atoms with Gasteiger partial charge >= 0.3 is 0 Å². The van der Waals surface area contributed by atoms with Crippen molar-refractivity contribution in [3.8, 4) is 0 Å². The maximum Gasteiger partial charge on any atom is 0.271 e. The molecule has 1 fully saturated rings. The third kappa shape index (κ3) is 3.19. The summed E-state index contributed by atoms with van der Waals surface area (Å²) in [6.45, 7) is 7.13. The van der Waals surface area contributed by atoms with Crippen LogP contribution < -0.4 is 10.2 Å². The van der Waals surface area contributed by atoms with Crippen molar-refractivity contribution < 1.29 is 4.79 Å². The Morgan fingerprint density at radius 2 is 2.26 bits per heavy atom. The largest absolute Gasteiger partial charge is 0.351 e. The molecule has 3 aromatic rings. The van der Waals surface area contributed by atoms with Crippen LogP contribution in [0, 0.1) is 0 Å². The minimum absolute atomic E-state index is 0.0215. The molecule has 138 valence electrons. The van der Waals surface area contributed by atoms with E-state index in [1.165, 1.54) is 0 Å². The van der Waals surface area contributed by atoms with Crippen LogP contribution in [0.15, 0.2) is 50.0 Å². The van der Waals surface area contributed by atoms with Crippen molar-refractivity contribution in [1.82, 2.24) is 34.4 Å². The third-order valence-electron chi connectivity index (χ3n) is 4.64. The molecule has 1 aliphatic heterocycles. The average molecular weight is 364 g/mol. The summed E-state index contributed by atoms with van der Waals surface area (Å²) in [5.74, 6) is 0.591. The molecule has 0 saturated carbocycles. The van der Waals surface area contributed by atoms with Crippen LogP contribution in [-0.4, -0.2) is 54.2 Å². The number of anilines is 1. The number of carbonyl (C=O) groups excluding carboxylic acids is 1. The van der Waals surface area contributed by atoms with Gasteiger partial charge in [-0.05, 0) is 19.4 Å². The van der Waals surface area contributed by atoms with Crippen molar-refractivity contribution in [3.05, 3.63) is 55.7 Å². The van der Waals surface area contributed by atoms with Gasteiger partial charge in [-0.15, -0.1) is 10.2 Å². The zero-order chi connectivity index (χ0) is 18.8. The number of nitrogens with zero attached hydrogens (tertiary/aromatic N) is 7. The van der Waals surface area contributed by atoms with E-state index in [0.717, 1.165) is 24.5 Å². The van der Waals surface area contributed by atoms with E-state index in [-0.39, 0.29) is 11.9 Å². The van der Waals surface area contributed by atoms with E-state index in [0.29, 0.717) is 17.9 Å². The Labute approximate surface area is 156 Å². The van der Waals surface area contributed by atoms with Crippen LogP contribution in [-0.2, 0) is 0 Å². The molecule has 1 saturated heterocycles. The molecule has 1 aliphatic rings. The average Bonchev–Trinajstić information content (AvgIpc) is 3.43. The second kappa shape index (κ2) is 7.02. The van der Waals surface area contributed by atoms with E-state index in [1.54, 1.807) is 35.7 Å². The van der Waals surface area contributed by atoms with Gasteiger partial charge in [0.25, 0.3) is 5.91 Å². The summed E-state index contributed by atoms with van der Waals surface area (Å²) in [6, 6.07) is 0.0215. The Bertz CT molecular complexity index is 1020. The maximum atomic E-state index is 12.5. The molecule has 0 bridgehead atoms. The van der Waals surface area contributed by atoms with Gasteiger partial charge in [-0.1, -0.05) is 12.7 Å². The normalized spacial score (nSPS) is 17.4. The van der Waals surface area contributed by atoms with Crippen molar-refractivity contribution in [3.63, 3.8) is 0 Å². The van der Waals surface area contributed by atoms with E-state index in [2.05, 4.69) is 37.0 Å². The quantitative estimate of drug-likeness (QED) is 0.688. The van der Waals surface area contributed by atoms with Gasteiger partial charge in [-0.3, -0.25) is 9.20 Å². The number of rotatable bonds is 5. The first-order chi connectivity index (χ1) is 13.2. The van der Waals surface area contributed by atoms with Gasteiger partial charge < -0.3 is 14.8 Å². The van der Waals surface area contributed by atoms with Gasteiger partial charge in [-0.2, -0.15) is 0 Å². The van der Waals surface area contributed by atoms with Crippen molar-refractivity contribution >= 4 is 23.1 Å². The highest BCUT2D eigenvalue weighted by molar-refractivity contribution is 5.92. The Kier molecular flexibility index (Phi) is 4.41. The number of carbonyl (C=O) groups is 1. The Hall–Kier alpha value is -3.49. The van der Waals surface area contributed by atoms with E-state index < -0.39 is 0 Å². The number of aromatic nitrogens is 6. The lowest BCUT2D eigenvalue weighted by Gasteiger charge is -2.17. The molecule has 1 amide bonds. The van der Waals surface area contributed by atoms with Crippen LogP contribution in [0.2, 0.25) is 0 Å². The van der Waals surface area contributed by atoms with Crippen molar-refractivity contribution in [2.24, 2.45) is 0 Å². The second-order valence-electron chi connectivity index (χ2n) is 6.30. The predicted molar refractivity (Wildman–Crippen MR) is 101 cm³/mol. The lowest BCUT2D eigenvalue weighted by molar-refractivity contribution is 0.0936. The van der Waals surface area contributed by atoms with Crippen LogP contribution in [0.1, 0.15) is 23.8 Å². The topological polar surface area (TPSA) is 93.2 Å². The number of hydrogen-bond acceptors (Lipinski definition) is 6. The predicted octanol–water partition coefficient (Wildman–Crippen LogP) is 1.38. The number of hydrogen-bond donors (Lipinski definition) is 1. The van der Waals surface area contributed by atoms with Gasteiger partial charge in [0.1, 0.15) is 18.3 Å². The lowest BCUT2D eigenvalue weighted by atomic mass is 10.2. The number of fused-ring (bicyclic) bond motifs is 1. The summed E-state index contributed by atoms with van der Waals surface area (Å²) in [5, 5.41) is 11.1. The Morgan fingerprint density at radius 3 is 3.07 bits per heavy atom. The first-order valence-electron chi connectivity index (χ1n) is 8.73. The molecule has 0 aromatic carbocycles. The fraction of sp³-hybridized carbons (Fsp3) is 0.278.